The first-order chi connectivity index (χ1) is 25.5. The maximum absolute atomic E-state index is 11.5. The van der Waals surface area contributed by atoms with E-state index in [2.05, 4.69) is 48.5 Å². The lowest BCUT2D eigenvalue weighted by molar-refractivity contribution is 0.111. The van der Waals surface area contributed by atoms with Gasteiger partial charge in [-0.1, -0.05) is 97.1 Å². The molecule has 0 aliphatic rings. The second kappa shape index (κ2) is 12.4. The van der Waals surface area contributed by atoms with Crippen LogP contribution in [0.25, 0.3) is 87.6 Å². The highest BCUT2D eigenvalue weighted by Gasteiger charge is 2.19. The Labute approximate surface area is 298 Å². The molecule has 0 saturated carbocycles. The highest BCUT2D eigenvalue weighted by Crippen LogP contribution is 2.46. The van der Waals surface area contributed by atoms with E-state index in [0.717, 1.165) is 113 Å². The molecule has 0 bridgehead atoms. The second-order valence-electron chi connectivity index (χ2n) is 13.3. The average molecular weight is 669 g/mol. The first-order valence-electron chi connectivity index (χ1n) is 17.0. The van der Waals surface area contributed by atoms with Crippen LogP contribution in [0.4, 0.5) is 0 Å². The van der Waals surface area contributed by atoms with Crippen LogP contribution < -0.4 is 0 Å². The summed E-state index contributed by atoms with van der Waals surface area (Å²) in [5.41, 5.74) is 10.6. The minimum Gasteiger partial charge on any atom is -0.298 e. The molecule has 0 aliphatic carbocycles. The Morgan fingerprint density at radius 3 is 0.654 bits per heavy atom. The van der Waals surface area contributed by atoms with E-state index in [-0.39, 0.29) is 0 Å². The normalized spacial score (nSPS) is 11.4. The van der Waals surface area contributed by atoms with Gasteiger partial charge < -0.3 is 0 Å². The van der Waals surface area contributed by atoms with Crippen LogP contribution in [0.15, 0.2) is 146 Å². The molecule has 0 saturated heterocycles. The molecule has 0 N–H and O–H groups in total. The largest absolute Gasteiger partial charge is 0.298 e. The number of rotatable bonds is 8. The number of hydrogen-bond acceptors (Lipinski definition) is 4. The van der Waals surface area contributed by atoms with Crippen molar-refractivity contribution >= 4 is 68.2 Å². The number of fused-ring (bicyclic) bond motifs is 2. The average Bonchev–Trinajstić information content (AvgIpc) is 3.22. The van der Waals surface area contributed by atoms with Crippen molar-refractivity contribution < 1.29 is 19.2 Å². The molecule has 4 heteroatoms. The van der Waals surface area contributed by atoms with Crippen LogP contribution in [0.3, 0.4) is 0 Å². The van der Waals surface area contributed by atoms with Crippen molar-refractivity contribution in [1.29, 1.82) is 0 Å². The Morgan fingerprint density at radius 2 is 0.462 bits per heavy atom. The van der Waals surface area contributed by atoms with Crippen molar-refractivity contribution in [2.75, 3.05) is 0 Å². The van der Waals surface area contributed by atoms with Gasteiger partial charge >= 0.3 is 0 Å². The van der Waals surface area contributed by atoms with Crippen LogP contribution in [0, 0.1) is 0 Å². The van der Waals surface area contributed by atoms with Crippen LogP contribution in [-0.4, -0.2) is 25.1 Å². The predicted molar refractivity (Wildman–Crippen MR) is 211 cm³/mol. The molecular weight excluding hydrogens is 641 g/mol. The zero-order chi connectivity index (χ0) is 35.3. The third kappa shape index (κ3) is 5.17. The topological polar surface area (TPSA) is 68.3 Å². The molecule has 0 spiro atoms. The summed E-state index contributed by atoms with van der Waals surface area (Å²) in [6.07, 6.45) is 3.42. The molecule has 0 amide bonds. The number of carbonyl (C=O) groups is 4. The predicted octanol–water partition coefficient (Wildman–Crippen LogP) is 11.7. The number of carbonyl (C=O) groups excluding carboxylic acids is 4. The van der Waals surface area contributed by atoms with Crippen LogP contribution in [-0.2, 0) is 0 Å². The van der Waals surface area contributed by atoms with E-state index in [0.29, 0.717) is 22.3 Å². The van der Waals surface area contributed by atoms with Crippen LogP contribution in [0.1, 0.15) is 41.4 Å². The van der Waals surface area contributed by atoms with Gasteiger partial charge in [-0.3, -0.25) is 19.2 Å². The number of benzene rings is 9. The van der Waals surface area contributed by atoms with Gasteiger partial charge in [0, 0.05) is 22.3 Å². The Hall–Kier alpha value is -7.04. The quantitative estimate of drug-likeness (QED) is 0.0918. The van der Waals surface area contributed by atoms with Crippen molar-refractivity contribution in [3.8, 4) is 44.5 Å². The molecule has 52 heavy (non-hydrogen) atoms. The smallest absolute Gasteiger partial charge is 0.150 e. The Kier molecular flexibility index (Phi) is 7.37. The lowest BCUT2D eigenvalue weighted by atomic mass is 9.83. The molecule has 0 aliphatic heterocycles. The lowest BCUT2D eigenvalue weighted by Crippen LogP contribution is -1.93. The van der Waals surface area contributed by atoms with Gasteiger partial charge in [0.25, 0.3) is 0 Å². The van der Waals surface area contributed by atoms with E-state index in [4.69, 9.17) is 0 Å². The lowest BCUT2D eigenvalue weighted by Gasteiger charge is -2.20. The third-order valence-electron chi connectivity index (χ3n) is 10.2. The fourth-order valence-electron chi connectivity index (χ4n) is 7.56. The van der Waals surface area contributed by atoms with Crippen LogP contribution in [0.5, 0.6) is 0 Å². The standard InChI is InChI=1S/C48H28O4/c49-25-29-1-9-33(10-2-29)37-17-41-18-38(34-11-3-30(26-50)4-12-34)23-45-46-24-40(36-15-7-32(28-52)8-16-36)20-42-19-39(35-13-5-31(27-51)6-14-35)22-44(48(42)46)43(21-37)47(41)45/h1-28H. The van der Waals surface area contributed by atoms with Crippen molar-refractivity contribution in [3.63, 3.8) is 0 Å². The summed E-state index contributed by atoms with van der Waals surface area (Å²) in [5, 5.41) is 8.84. The first-order valence-corrected chi connectivity index (χ1v) is 17.0. The number of hydrogen-bond donors (Lipinski definition) is 0. The van der Waals surface area contributed by atoms with E-state index >= 15 is 0 Å². The highest BCUT2D eigenvalue weighted by atomic mass is 16.1. The Balaban J connectivity index is 1.43. The third-order valence-corrected chi connectivity index (χ3v) is 10.2. The van der Waals surface area contributed by atoms with Crippen LogP contribution in [0.2, 0.25) is 0 Å². The second-order valence-corrected chi connectivity index (χ2v) is 13.3. The Morgan fingerprint density at radius 1 is 0.250 bits per heavy atom. The zero-order valence-electron chi connectivity index (χ0n) is 27.8. The van der Waals surface area contributed by atoms with Gasteiger partial charge in [0.1, 0.15) is 25.1 Å². The summed E-state index contributed by atoms with van der Waals surface area (Å²) in [5.74, 6) is 0. The Bertz CT molecular complexity index is 2470. The molecule has 0 fully saturated rings. The van der Waals surface area contributed by atoms with Gasteiger partial charge in [-0.15, -0.1) is 0 Å². The van der Waals surface area contributed by atoms with E-state index in [1.807, 2.05) is 97.1 Å². The van der Waals surface area contributed by atoms with E-state index in [1.165, 1.54) is 0 Å². The first kappa shape index (κ1) is 31.0. The molecule has 9 rings (SSSR count). The minimum atomic E-state index is 0.620. The summed E-state index contributed by atoms with van der Waals surface area (Å²) < 4.78 is 0. The fraction of sp³-hybridized carbons (Fsp3) is 0. The van der Waals surface area contributed by atoms with Gasteiger partial charge in [-0.25, -0.2) is 0 Å². The highest BCUT2D eigenvalue weighted by molar-refractivity contribution is 6.35. The van der Waals surface area contributed by atoms with Gasteiger partial charge in [-0.05, 0) is 136 Å². The van der Waals surface area contributed by atoms with E-state index in [1.54, 1.807) is 0 Å². The van der Waals surface area contributed by atoms with Gasteiger partial charge in [-0.2, -0.15) is 0 Å². The molecule has 9 aromatic rings. The summed E-state index contributed by atoms with van der Waals surface area (Å²) in [6.45, 7) is 0. The fourth-order valence-corrected chi connectivity index (χ4v) is 7.56. The summed E-state index contributed by atoms with van der Waals surface area (Å²) >= 11 is 0. The number of aldehydes is 4. The molecule has 244 valence electrons. The molecule has 0 aromatic heterocycles. The zero-order valence-corrected chi connectivity index (χ0v) is 27.8. The SMILES string of the molecule is O=Cc1ccc(-c2cc3cc(-c4ccc(C=O)cc4)cc4c5cc(-c6ccc(C=O)cc6)cc6cc(-c7ccc(C=O)cc7)cc(c(c2)c34)c65)cc1. The summed E-state index contributed by atoms with van der Waals surface area (Å²) in [7, 11) is 0. The van der Waals surface area contributed by atoms with E-state index < -0.39 is 0 Å². The molecule has 9 aromatic carbocycles. The summed E-state index contributed by atoms with van der Waals surface area (Å²) in [4.78, 5) is 46.0. The molecular formula is C48H28O4. The maximum atomic E-state index is 11.5. The van der Waals surface area contributed by atoms with Crippen LogP contribution >= 0.6 is 0 Å². The van der Waals surface area contributed by atoms with Crippen molar-refractivity contribution in [2.24, 2.45) is 0 Å². The molecule has 0 unspecified atom stereocenters. The monoisotopic (exact) mass is 668 g/mol. The van der Waals surface area contributed by atoms with Gasteiger partial charge in [0.05, 0.1) is 0 Å². The minimum absolute atomic E-state index is 0.620. The van der Waals surface area contributed by atoms with Gasteiger partial charge in [0.2, 0.25) is 0 Å². The molecule has 0 heterocycles. The van der Waals surface area contributed by atoms with Crippen molar-refractivity contribution in [2.45, 2.75) is 0 Å². The molecule has 0 atom stereocenters. The molecule has 4 nitrogen and oxygen atoms in total. The van der Waals surface area contributed by atoms with Crippen molar-refractivity contribution in [1.82, 2.24) is 0 Å². The molecule has 0 radical (unpaired) electrons. The van der Waals surface area contributed by atoms with Gasteiger partial charge in [0.15, 0.2) is 0 Å². The summed E-state index contributed by atoms with van der Waals surface area (Å²) in [6, 6.07) is 48.5. The van der Waals surface area contributed by atoms with E-state index in [9.17, 15) is 19.2 Å². The maximum Gasteiger partial charge on any atom is 0.150 e. The van der Waals surface area contributed by atoms with Crippen molar-refractivity contribution in [3.05, 3.63) is 168 Å².